The molecule has 0 saturated heterocycles. The molecule has 1 aliphatic rings. The second kappa shape index (κ2) is 4.03. The first kappa shape index (κ1) is 10.0. The van der Waals surface area contributed by atoms with Gasteiger partial charge in [0.1, 0.15) is 6.33 Å². The van der Waals surface area contributed by atoms with Gasteiger partial charge in [-0.15, -0.1) is 33.1 Å². The van der Waals surface area contributed by atoms with Gasteiger partial charge in [0, 0.05) is 18.5 Å². The lowest BCUT2D eigenvalue weighted by atomic mass is 10.4. The Kier molecular flexibility index (Phi) is 2.53. The van der Waals surface area contributed by atoms with Crippen LogP contribution >= 0.6 is 22.9 Å². The van der Waals surface area contributed by atoms with Gasteiger partial charge in [-0.2, -0.15) is 0 Å². The van der Waals surface area contributed by atoms with Gasteiger partial charge in [-0.1, -0.05) is 0 Å². The summed E-state index contributed by atoms with van der Waals surface area (Å²) in [5.41, 5.74) is 0.939. The Labute approximate surface area is 102 Å². The number of alkyl halides is 1. The van der Waals surface area contributed by atoms with Crippen molar-refractivity contribution in [3.63, 3.8) is 0 Å². The van der Waals surface area contributed by atoms with E-state index in [-0.39, 0.29) is 0 Å². The Morgan fingerprint density at radius 2 is 2.38 bits per heavy atom. The number of thiazole rings is 1. The molecule has 1 aliphatic heterocycles. The molecule has 0 aromatic carbocycles. The van der Waals surface area contributed by atoms with Crippen LogP contribution in [0.15, 0.2) is 11.7 Å². The largest absolute Gasteiger partial charge is 0.339 e. The van der Waals surface area contributed by atoms with Crippen molar-refractivity contribution in [2.75, 3.05) is 11.4 Å². The molecule has 0 amide bonds. The van der Waals surface area contributed by atoms with Crippen LogP contribution in [0.4, 0.5) is 5.13 Å². The highest BCUT2D eigenvalue weighted by molar-refractivity contribution is 7.13. The lowest BCUT2D eigenvalue weighted by Gasteiger charge is -2.26. The van der Waals surface area contributed by atoms with Crippen molar-refractivity contribution in [3.05, 3.63) is 23.2 Å². The molecule has 0 aliphatic carbocycles. The van der Waals surface area contributed by atoms with Crippen molar-refractivity contribution in [1.29, 1.82) is 0 Å². The Balaban J connectivity index is 1.83. The summed E-state index contributed by atoms with van der Waals surface area (Å²) in [4.78, 5) is 6.68. The predicted molar refractivity (Wildman–Crippen MR) is 62.7 cm³/mol. The van der Waals surface area contributed by atoms with Crippen molar-refractivity contribution in [2.24, 2.45) is 0 Å². The fourth-order valence-electron chi connectivity index (χ4n) is 1.73. The summed E-state index contributed by atoms with van der Waals surface area (Å²) in [6, 6.07) is 0. The minimum Gasteiger partial charge on any atom is -0.339 e. The zero-order valence-electron chi connectivity index (χ0n) is 8.51. The van der Waals surface area contributed by atoms with Gasteiger partial charge in [0.2, 0.25) is 0 Å². The second-order valence-electron chi connectivity index (χ2n) is 3.62. The molecule has 0 atom stereocenters. The molecular formula is C9H10ClN5S. The minimum absolute atomic E-state index is 0.473. The monoisotopic (exact) mass is 255 g/mol. The van der Waals surface area contributed by atoms with Gasteiger partial charge in [0.05, 0.1) is 18.1 Å². The predicted octanol–water partition coefficient (Wildman–Crippen LogP) is 1.49. The number of halogens is 1. The molecule has 0 unspecified atom stereocenters. The van der Waals surface area contributed by atoms with Crippen LogP contribution in [0.5, 0.6) is 0 Å². The molecule has 0 N–H and O–H groups in total. The van der Waals surface area contributed by atoms with E-state index in [1.807, 2.05) is 5.38 Å². The topological polar surface area (TPSA) is 46.8 Å². The first-order chi connectivity index (χ1) is 7.86. The summed E-state index contributed by atoms with van der Waals surface area (Å²) in [6.07, 6.45) is 1.78. The molecule has 0 fully saturated rings. The molecule has 0 bridgehead atoms. The summed E-state index contributed by atoms with van der Waals surface area (Å²) in [7, 11) is 0. The molecule has 3 rings (SSSR count). The number of nitrogens with zero attached hydrogens (tertiary/aromatic N) is 5. The third-order valence-corrected chi connectivity index (χ3v) is 3.81. The van der Waals surface area contributed by atoms with E-state index < -0.39 is 0 Å². The number of anilines is 1. The Morgan fingerprint density at radius 3 is 3.19 bits per heavy atom. The maximum absolute atomic E-state index is 5.74. The molecule has 7 heteroatoms. The van der Waals surface area contributed by atoms with E-state index in [0.717, 1.165) is 36.3 Å². The molecule has 2 aromatic heterocycles. The molecular weight excluding hydrogens is 246 g/mol. The van der Waals surface area contributed by atoms with Crippen LogP contribution in [0.1, 0.15) is 11.5 Å². The first-order valence-electron chi connectivity index (χ1n) is 4.99. The molecule has 5 nitrogen and oxygen atoms in total. The SMILES string of the molecule is ClCc1csc(N2CCn3cnnc3C2)n1. The van der Waals surface area contributed by atoms with E-state index in [0.29, 0.717) is 5.88 Å². The Morgan fingerprint density at radius 1 is 1.44 bits per heavy atom. The van der Waals surface area contributed by atoms with Crippen molar-refractivity contribution >= 4 is 28.1 Å². The van der Waals surface area contributed by atoms with Crippen molar-refractivity contribution < 1.29 is 0 Å². The molecule has 3 heterocycles. The van der Waals surface area contributed by atoms with Gasteiger partial charge in [0.25, 0.3) is 0 Å². The molecule has 84 valence electrons. The minimum atomic E-state index is 0.473. The number of hydrogen-bond acceptors (Lipinski definition) is 5. The van der Waals surface area contributed by atoms with Gasteiger partial charge in [-0.3, -0.25) is 0 Å². The van der Waals surface area contributed by atoms with Crippen LogP contribution < -0.4 is 4.90 Å². The van der Waals surface area contributed by atoms with Crippen LogP contribution in [0.2, 0.25) is 0 Å². The molecule has 0 radical (unpaired) electrons. The molecule has 0 saturated carbocycles. The summed E-state index contributed by atoms with van der Waals surface area (Å²) in [6.45, 7) is 2.63. The Bertz CT molecular complexity index is 494. The lowest BCUT2D eigenvalue weighted by molar-refractivity contribution is 0.559. The smallest absolute Gasteiger partial charge is 0.186 e. The lowest BCUT2D eigenvalue weighted by Crippen LogP contribution is -2.33. The number of hydrogen-bond donors (Lipinski definition) is 0. The number of rotatable bonds is 2. The van der Waals surface area contributed by atoms with E-state index in [1.165, 1.54) is 0 Å². The quantitative estimate of drug-likeness (QED) is 0.763. The highest BCUT2D eigenvalue weighted by Crippen LogP contribution is 2.24. The van der Waals surface area contributed by atoms with Crippen LogP contribution in [0, 0.1) is 0 Å². The van der Waals surface area contributed by atoms with Crippen molar-refractivity contribution in [3.8, 4) is 0 Å². The second-order valence-corrected chi connectivity index (χ2v) is 4.72. The Hall–Kier alpha value is -1.14. The van der Waals surface area contributed by atoms with Gasteiger partial charge < -0.3 is 9.47 Å². The highest BCUT2D eigenvalue weighted by Gasteiger charge is 2.19. The highest BCUT2D eigenvalue weighted by atomic mass is 35.5. The average Bonchev–Trinajstić information content (AvgIpc) is 2.96. The fraction of sp³-hybridized carbons (Fsp3) is 0.444. The third-order valence-electron chi connectivity index (χ3n) is 2.59. The van der Waals surface area contributed by atoms with Crippen LogP contribution in [0.25, 0.3) is 0 Å². The van der Waals surface area contributed by atoms with E-state index in [2.05, 4.69) is 24.6 Å². The maximum Gasteiger partial charge on any atom is 0.186 e. The maximum atomic E-state index is 5.74. The fourth-order valence-corrected chi connectivity index (χ4v) is 2.81. The summed E-state index contributed by atoms with van der Waals surface area (Å²) < 4.78 is 2.08. The molecule has 0 spiro atoms. The van der Waals surface area contributed by atoms with Crippen molar-refractivity contribution in [1.82, 2.24) is 19.7 Å². The number of fused-ring (bicyclic) bond motifs is 1. The van der Waals surface area contributed by atoms with Crippen LogP contribution in [0.3, 0.4) is 0 Å². The summed E-state index contributed by atoms with van der Waals surface area (Å²) in [5.74, 6) is 1.47. The zero-order valence-corrected chi connectivity index (χ0v) is 10.1. The summed E-state index contributed by atoms with van der Waals surface area (Å²) in [5, 5.41) is 11.0. The average molecular weight is 256 g/mol. The summed E-state index contributed by atoms with van der Waals surface area (Å²) >= 11 is 7.37. The molecule has 2 aromatic rings. The van der Waals surface area contributed by atoms with Crippen LogP contribution in [-0.2, 0) is 19.0 Å². The van der Waals surface area contributed by atoms with Gasteiger partial charge in [-0.25, -0.2) is 4.98 Å². The zero-order chi connectivity index (χ0) is 11.0. The normalized spacial score (nSPS) is 15.2. The van der Waals surface area contributed by atoms with Gasteiger partial charge in [-0.05, 0) is 0 Å². The molecule has 16 heavy (non-hydrogen) atoms. The van der Waals surface area contributed by atoms with E-state index in [4.69, 9.17) is 11.6 Å². The van der Waals surface area contributed by atoms with E-state index in [9.17, 15) is 0 Å². The van der Waals surface area contributed by atoms with Gasteiger partial charge >= 0.3 is 0 Å². The first-order valence-corrected chi connectivity index (χ1v) is 6.40. The third kappa shape index (κ3) is 1.68. The van der Waals surface area contributed by atoms with Crippen molar-refractivity contribution in [2.45, 2.75) is 19.0 Å². The van der Waals surface area contributed by atoms with E-state index >= 15 is 0 Å². The van der Waals surface area contributed by atoms with Gasteiger partial charge in [0.15, 0.2) is 11.0 Å². The van der Waals surface area contributed by atoms with E-state index in [1.54, 1.807) is 17.7 Å². The standard InChI is InChI=1S/C9H10ClN5S/c10-3-7-5-16-9(12-7)14-1-2-15-6-11-13-8(15)4-14/h5-6H,1-4H2. The van der Waals surface area contributed by atoms with Crippen LogP contribution in [-0.4, -0.2) is 26.3 Å². The number of aromatic nitrogens is 4.